The van der Waals surface area contributed by atoms with Crippen LogP contribution in [-0.4, -0.2) is 28.5 Å². The van der Waals surface area contributed by atoms with Crippen LogP contribution < -0.4 is 5.73 Å². The lowest BCUT2D eigenvalue weighted by Gasteiger charge is -2.20. The summed E-state index contributed by atoms with van der Waals surface area (Å²) in [6, 6.07) is 2.08. The fraction of sp³-hybridized carbons (Fsp3) is 0.538. The fourth-order valence-electron chi connectivity index (χ4n) is 2.05. The van der Waals surface area contributed by atoms with Crippen LogP contribution in [0, 0.1) is 25.2 Å². The first-order valence-corrected chi connectivity index (χ1v) is 6.10. The first kappa shape index (κ1) is 14.1. The Labute approximate surface area is 108 Å². The van der Waals surface area contributed by atoms with Crippen molar-refractivity contribution >= 4 is 11.7 Å². The average Bonchev–Trinajstić information content (AvgIpc) is 2.55. The number of nitriles is 1. The number of anilines is 1. The van der Waals surface area contributed by atoms with Gasteiger partial charge in [-0.15, -0.1) is 0 Å². The zero-order chi connectivity index (χ0) is 13.9. The van der Waals surface area contributed by atoms with Gasteiger partial charge in [-0.2, -0.15) is 5.26 Å². The number of carbonyl (C=O) groups excluding carboxylic acids is 1. The van der Waals surface area contributed by atoms with Gasteiger partial charge in [-0.1, -0.05) is 0 Å². The highest BCUT2D eigenvalue weighted by atomic mass is 16.2. The number of rotatable bonds is 4. The number of hydrogen-bond donors (Lipinski definition) is 1. The second kappa shape index (κ2) is 5.58. The summed E-state index contributed by atoms with van der Waals surface area (Å²) in [6.07, 6.45) is 0. The molecule has 0 saturated carbocycles. The molecule has 1 amide bonds. The molecule has 0 unspecified atom stereocenters. The summed E-state index contributed by atoms with van der Waals surface area (Å²) >= 11 is 0. The van der Waals surface area contributed by atoms with Crippen LogP contribution in [0.1, 0.15) is 30.7 Å². The first-order valence-electron chi connectivity index (χ1n) is 6.10. The van der Waals surface area contributed by atoms with Crippen LogP contribution in [0.4, 0.5) is 5.82 Å². The Morgan fingerprint density at radius 3 is 2.33 bits per heavy atom. The normalized spacial score (nSPS) is 10.2. The Hall–Kier alpha value is -1.96. The van der Waals surface area contributed by atoms with E-state index >= 15 is 0 Å². The summed E-state index contributed by atoms with van der Waals surface area (Å²) in [5, 5.41) is 9.03. The number of nitrogens with zero attached hydrogens (tertiary/aromatic N) is 3. The minimum absolute atomic E-state index is 0.0225. The van der Waals surface area contributed by atoms with Crippen molar-refractivity contribution in [3.8, 4) is 6.07 Å². The van der Waals surface area contributed by atoms with Gasteiger partial charge >= 0.3 is 0 Å². The van der Waals surface area contributed by atoms with Gasteiger partial charge in [0.1, 0.15) is 18.4 Å². The van der Waals surface area contributed by atoms with Gasteiger partial charge in [-0.05, 0) is 33.3 Å². The molecule has 5 heteroatoms. The molecule has 5 nitrogen and oxygen atoms in total. The number of aromatic nitrogens is 1. The van der Waals surface area contributed by atoms with Crippen molar-refractivity contribution in [1.29, 1.82) is 5.26 Å². The van der Waals surface area contributed by atoms with Crippen molar-refractivity contribution in [3.05, 3.63) is 16.8 Å². The first-order chi connectivity index (χ1) is 8.47. The molecular weight excluding hydrogens is 228 g/mol. The number of nitrogen functional groups attached to an aromatic ring is 1. The molecule has 0 aliphatic heterocycles. The molecule has 0 aliphatic rings. The second-order valence-corrected chi connectivity index (χ2v) is 4.23. The van der Waals surface area contributed by atoms with Gasteiger partial charge in [0.2, 0.25) is 5.91 Å². The predicted octanol–water partition coefficient (Wildman–Crippen LogP) is 1.43. The Balaban J connectivity index is 3.06. The summed E-state index contributed by atoms with van der Waals surface area (Å²) in [5.74, 6) is 0.405. The van der Waals surface area contributed by atoms with Crippen LogP contribution in [0.3, 0.4) is 0 Å². The van der Waals surface area contributed by atoms with Gasteiger partial charge in [0.25, 0.3) is 0 Å². The largest absolute Gasteiger partial charge is 0.384 e. The smallest absolute Gasteiger partial charge is 0.242 e. The van der Waals surface area contributed by atoms with E-state index in [4.69, 9.17) is 11.0 Å². The molecule has 2 N–H and O–H groups in total. The Bertz CT molecular complexity index is 492. The molecule has 1 aromatic rings. The summed E-state index contributed by atoms with van der Waals surface area (Å²) in [5.41, 5.74) is 8.12. The standard InChI is InChI=1S/C13H20N4O/c1-5-16(6-2)12(18)8-17-10(4)9(3)11(7-14)13(17)15/h5-6,8,15H2,1-4H3. The van der Waals surface area contributed by atoms with Crippen molar-refractivity contribution in [2.24, 2.45) is 0 Å². The molecule has 98 valence electrons. The fourth-order valence-corrected chi connectivity index (χ4v) is 2.05. The van der Waals surface area contributed by atoms with Crippen molar-refractivity contribution in [3.63, 3.8) is 0 Å². The molecule has 0 fully saturated rings. The van der Waals surface area contributed by atoms with E-state index in [1.807, 2.05) is 27.7 Å². The average molecular weight is 248 g/mol. The maximum atomic E-state index is 12.1. The second-order valence-electron chi connectivity index (χ2n) is 4.23. The van der Waals surface area contributed by atoms with E-state index in [1.54, 1.807) is 9.47 Å². The summed E-state index contributed by atoms with van der Waals surface area (Å²) in [6.45, 7) is 9.17. The van der Waals surface area contributed by atoms with Crippen molar-refractivity contribution in [2.45, 2.75) is 34.2 Å². The highest BCUT2D eigenvalue weighted by molar-refractivity contribution is 5.77. The zero-order valence-electron chi connectivity index (χ0n) is 11.4. The van der Waals surface area contributed by atoms with E-state index < -0.39 is 0 Å². The maximum absolute atomic E-state index is 12.1. The van der Waals surface area contributed by atoms with Gasteiger partial charge in [0.15, 0.2) is 0 Å². The van der Waals surface area contributed by atoms with E-state index in [0.717, 1.165) is 11.3 Å². The molecule has 0 saturated heterocycles. The van der Waals surface area contributed by atoms with Crippen LogP contribution in [0.5, 0.6) is 0 Å². The minimum Gasteiger partial charge on any atom is -0.384 e. The van der Waals surface area contributed by atoms with Crippen molar-refractivity contribution in [2.75, 3.05) is 18.8 Å². The predicted molar refractivity (Wildman–Crippen MR) is 71.0 cm³/mol. The topological polar surface area (TPSA) is 75.0 Å². The molecule has 0 radical (unpaired) electrons. The molecule has 1 heterocycles. The maximum Gasteiger partial charge on any atom is 0.242 e. The summed E-state index contributed by atoms with van der Waals surface area (Å²) < 4.78 is 1.72. The molecule has 0 bridgehead atoms. The molecular formula is C13H20N4O. The molecule has 0 spiro atoms. The van der Waals surface area contributed by atoms with E-state index in [9.17, 15) is 4.79 Å². The highest BCUT2D eigenvalue weighted by Gasteiger charge is 2.18. The van der Waals surface area contributed by atoms with Crippen LogP contribution in [0.2, 0.25) is 0 Å². The monoisotopic (exact) mass is 248 g/mol. The third kappa shape index (κ3) is 2.33. The lowest BCUT2D eigenvalue weighted by atomic mass is 10.2. The summed E-state index contributed by atoms with van der Waals surface area (Å²) in [4.78, 5) is 13.8. The summed E-state index contributed by atoms with van der Waals surface area (Å²) in [7, 11) is 0. The van der Waals surface area contributed by atoms with Crippen LogP contribution in [0.25, 0.3) is 0 Å². The zero-order valence-corrected chi connectivity index (χ0v) is 11.4. The third-order valence-electron chi connectivity index (χ3n) is 3.39. The molecule has 0 atom stereocenters. The highest BCUT2D eigenvalue weighted by Crippen LogP contribution is 2.23. The van der Waals surface area contributed by atoms with E-state index in [2.05, 4.69) is 6.07 Å². The Morgan fingerprint density at radius 1 is 1.39 bits per heavy atom. The van der Waals surface area contributed by atoms with Gasteiger partial charge in [0, 0.05) is 18.8 Å². The minimum atomic E-state index is 0.0225. The molecule has 1 rings (SSSR count). The number of amides is 1. The van der Waals surface area contributed by atoms with Gasteiger partial charge in [0.05, 0.1) is 5.56 Å². The molecule has 1 aromatic heterocycles. The molecule has 18 heavy (non-hydrogen) atoms. The Kier molecular flexibility index (Phi) is 4.38. The third-order valence-corrected chi connectivity index (χ3v) is 3.39. The quantitative estimate of drug-likeness (QED) is 0.875. The number of hydrogen-bond acceptors (Lipinski definition) is 3. The van der Waals surface area contributed by atoms with Crippen LogP contribution >= 0.6 is 0 Å². The number of likely N-dealkylation sites (N-methyl/N-ethyl adjacent to an activating group) is 1. The molecule has 0 aliphatic carbocycles. The van der Waals surface area contributed by atoms with Crippen molar-refractivity contribution in [1.82, 2.24) is 9.47 Å². The number of nitrogens with two attached hydrogens (primary N) is 1. The van der Waals surface area contributed by atoms with Crippen LogP contribution in [-0.2, 0) is 11.3 Å². The van der Waals surface area contributed by atoms with Gasteiger partial charge < -0.3 is 15.2 Å². The van der Waals surface area contributed by atoms with E-state index in [0.29, 0.717) is 24.5 Å². The SMILES string of the molecule is CCN(CC)C(=O)Cn1c(C)c(C)c(C#N)c1N. The van der Waals surface area contributed by atoms with Crippen molar-refractivity contribution < 1.29 is 4.79 Å². The van der Waals surface area contributed by atoms with Gasteiger partial charge in [-0.3, -0.25) is 4.79 Å². The van der Waals surface area contributed by atoms with E-state index in [1.165, 1.54) is 0 Å². The number of carbonyl (C=O) groups is 1. The van der Waals surface area contributed by atoms with Crippen LogP contribution in [0.15, 0.2) is 0 Å². The molecule has 0 aromatic carbocycles. The van der Waals surface area contributed by atoms with E-state index in [-0.39, 0.29) is 12.5 Å². The lowest BCUT2D eigenvalue weighted by Crippen LogP contribution is -2.33. The Morgan fingerprint density at radius 2 is 1.94 bits per heavy atom. The van der Waals surface area contributed by atoms with Gasteiger partial charge in [-0.25, -0.2) is 0 Å². The lowest BCUT2D eigenvalue weighted by molar-refractivity contribution is -0.131.